The summed E-state index contributed by atoms with van der Waals surface area (Å²) in [5, 5.41) is 6.66. The van der Waals surface area contributed by atoms with Gasteiger partial charge in [-0.25, -0.2) is 0 Å². The average molecular weight is 363 g/mol. The quantitative estimate of drug-likeness (QED) is 0.782. The lowest BCUT2D eigenvalue weighted by Gasteiger charge is -2.15. The zero-order valence-corrected chi connectivity index (χ0v) is 15.1. The summed E-state index contributed by atoms with van der Waals surface area (Å²) in [6.07, 6.45) is 3.12. The van der Waals surface area contributed by atoms with E-state index >= 15 is 0 Å². The molecule has 1 aliphatic rings. The van der Waals surface area contributed by atoms with Crippen LogP contribution < -0.4 is 20.1 Å². The van der Waals surface area contributed by atoms with Crippen LogP contribution >= 0.6 is 24.0 Å². The Morgan fingerprint density at radius 3 is 2.87 bits per heavy atom. The smallest absolute Gasteiger partial charge is 0.251 e. The summed E-state index contributed by atoms with van der Waals surface area (Å²) in [6.45, 7) is 4.20. The number of hydrogen-bond acceptors (Lipinski definition) is 4. The molecule has 2 rings (SSSR count). The Bertz CT molecular complexity index is 520. The highest BCUT2D eigenvalue weighted by Gasteiger charge is 2.18. The second kappa shape index (κ2) is 9.85. The van der Waals surface area contributed by atoms with Gasteiger partial charge in [-0.1, -0.05) is 18.5 Å². The number of carbonyl (C=O) groups is 1. The molecule has 0 radical (unpaired) electrons. The Balaban J connectivity index is 0.00000264. The summed E-state index contributed by atoms with van der Waals surface area (Å²) in [7, 11) is 1.54. The van der Waals surface area contributed by atoms with Crippen molar-refractivity contribution in [2.45, 2.75) is 32.2 Å². The molecule has 0 bridgehead atoms. The Morgan fingerprint density at radius 2 is 2.26 bits per heavy atom. The molecule has 1 amide bonds. The molecule has 1 heterocycles. The number of benzene rings is 1. The summed E-state index contributed by atoms with van der Waals surface area (Å²) in [6, 6.07) is 3.63. The van der Waals surface area contributed by atoms with Crippen molar-refractivity contribution in [3.8, 4) is 11.5 Å². The van der Waals surface area contributed by atoms with E-state index in [0.29, 0.717) is 41.3 Å². The van der Waals surface area contributed by atoms with Crippen LogP contribution in [0, 0.1) is 0 Å². The highest BCUT2D eigenvalue weighted by molar-refractivity contribution is 6.32. The first-order valence-electron chi connectivity index (χ1n) is 7.67. The van der Waals surface area contributed by atoms with Gasteiger partial charge in [-0.2, -0.15) is 0 Å². The van der Waals surface area contributed by atoms with Crippen molar-refractivity contribution in [3.63, 3.8) is 0 Å². The van der Waals surface area contributed by atoms with E-state index in [9.17, 15) is 4.79 Å². The van der Waals surface area contributed by atoms with Crippen LogP contribution in [0.5, 0.6) is 11.5 Å². The van der Waals surface area contributed by atoms with Gasteiger partial charge in [0, 0.05) is 18.2 Å². The first kappa shape index (κ1) is 19.9. The number of halogens is 2. The molecule has 0 aliphatic carbocycles. The maximum atomic E-state index is 12.3. The summed E-state index contributed by atoms with van der Waals surface area (Å²) in [5.41, 5.74) is 0.476. The van der Waals surface area contributed by atoms with E-state index in [2.05, 4.69) is 10.6 Å². The minimum atomic E-state index is -0.157. The summed E-state index contributed by atoms with van der Waals surface area (Å²) < 4.78 is 10.9. The van der Waals surface area contributed by atoms with Gasteiger partial charge in [0.2, 0.25) is 0 Å². The van der Waals surface area contributed by atoms with Gasteiger partial charge in [0.15, 0.2) is 11.5 Å². The third kappa shape index (κ3) is 5.44. The van der Waals surface area contributed by atoms with Crippen LogP contribution in [0.25, 0.3) is 0 Å². The van der Waals surface area contributed by atoms with E-state index in [1.807, 2.05) is 6.92 Å². The van der Waals surface area contributed by atoms with Crippen LogP contribution in [0.4, 0.5) is 0 Å². The van der Waals surface area contributed by atoms with E-state index in [1.165, 1.54) is 7.11 Å². The third-order valence-electron chi connectivity index (χ3n) is 3.61. The largest absolute Gasteiger partial charge is 0.493 e. The van der Waals surface area contributed by atoms with Crippen LogP contribution in [0.1, 0.15) is 36.5 Å². The monoisotopic (exact) mass is 362 g/mol. The van der Waals surface area contributed by atoms with Crippen LogP contribution in [0.2, 0.25) is 5.02 Å². The Morgan fingerprint density at radius 1 is 1.48 bits per heavy atom. The van der Waals surface area contributed by atoms with Crippen molar-refractivity contribution < 1.29 is 14.3 Å². The molecule has 1 fully saturated rings. The van der Waals surface area contributed by atoms with Crippen LogP contribution in [-0.2, 0) is 0 Å². The molecule has 1 atom stereocenters. The standard InChI is InChI=1S/C16H23ClN2O3.ClH/c1-3-7-22-15-13(17)8-11(9-14(15)21-2)16(20)19-10-12-5-4-6-18-12;/h8-9,12,18H,3-7,10H2,1-2H3,(H,19,20);1H. The summed E-state index contributed by atoms with van der Waals surface area (Å²) >= 11 is 6.22. The highest BCUT2D eigenvalue weighted by atomic mass is 35.5. The Labute approximate surface area is 148 Å². The van der Waals surface area contributed by atoms with Crippen LogP contribution in [-0.4, -0.2) is 38.8 Å². The van der Waals surface area contributed by atoms with E-state index < -0.39 is 0 Å². The lowest BCUT2D eigenvalue weighted by Crippen LogP contribution is -2.37. The van der Waals surface area contributed by atoms with Gasteiger partial charge in [-0.3, -0.25) is 4.79 Å². The van der Waals surface area contributed by atoms with E-state index in [0.717, 1.165) is 25.8 Å². The van der Waals surface area contributed by atoms with Gasteiger partial charge in [0.1, 0.15) is 0 Å². The number of nitrogens with one attached hydrogen (secondary N) is 2. The second-order valence-corrected chi connectivity index (χ2v) is 5.75. The van der Waals surface area contributed by atoms with E-state index in [-0.39, 0.29) is 18.3 Å². The van der Waals surface area contributed by atoms with Gasteiger partial charge in [0.05, 0.1) is 18.7 Å². The number of rotatable bonds is 7. The SMILES string of the molecule is CCCOc1c(Cl)cc(C(=O)NCC2CCCN2)cc1OC.Cl. The highest BCUT2D eigenvalue weighted by Crippen LogP contribution is 2.36. The normalized spacial score (nSPS) is 16.6. The van der Waals surface area contributed by atoms with Crippen molar-refractivity contribution in [3.05, 3.63) is 22.7 Å². The molecule has 1 aromatic rings. The molecule has 2 N–H and O–H groups in total. The molecule has 1 saturated heterocycles. The molecule has 0 saturated carbocycles. The number of methoxy groups -OCH3 is 1. The van der Waals surface area contributed by atoms with Crippen molar-refractivity contribution in [1.82, 2.24) is 10.6 Å². The molecule has 0 spiro atoms. The van der Waals surface area contributed by atoms with Crippen molar-refractivity contribution >= 4 is 29.9 Å². The minimum Gasteiger partial charge on any atom is -0.493 e. The predicted molar refractivity (Wildman–Crippen MR) is 94.4 cm³/mol. The Kier molecular flexibility index (Phi) is 8.52. The van der Waals surface area contributed by atoms with E-state index in [1.54, 1.807) is 12.1 Å². The Hall–Kier alpha value is -1.17. The van der Waals surface area contributed by atoms with Gasteiger partial charge >= 0.3 is 0 Å². The summed E-state index contributed by atoms with van der Waals surface area (Å²) in [4.78, 5) is 12.3. The average Bonchev–Trinajstić information content (AvgIpc) is 3.04. The molecular formula is C16H24Cl2N2O3. The van der Waals surface area contributed by atoms with Crippen molar-refractivity contribution in [2.24, 2.45) is 0 Å². The third-order valence-corrected chi connectivity index (χ3v) is 3.89. The van der Waals surface area contributed by atoms with Gasteiger partial charge in [-0.15, -0.1) is 12.4 Å². The molecule has 130 valence electrons. The number of ether oxygens (including phenoxy) is 2. The number of carbonyl (C=O) groups excluding carboxylic acids is 1. The first-order valence-corrected chi connectivity index (χ1v) is 8.05. The molecule has 0 aromatic heterocycles. The lowest BCUT2D eigenvalue weighted by molar-refractivity contribution is 0.0950. The predicted octanol–water partition coefficient (Wildman–Crippen LogP) is 3.04. The van der Waals surface area contributed by atoms with Gasteiger partial charge < -0.3 is 20.1 Å². The zero-order chi connectivity index (χ0) is 15.9. The van der Waals surface area contributed by atoms with Crippen molar-refractivity contribution in [2.75, 3.05) is 26.8 Å². The number of amides is 1. The summed E-state index contributed by atoms with van der Waals surface area (Å²) in [5.74, 6) is 0.807. The maximum Gasteiger partial charge on any atom is 0.251 e. The fraction of sp³-hybridized carbons (Fsp3) is 0.562. The molecule has 1 aromatic carbocycles. The first-order chi connectivity index (χ1) is 10.7. The fourth-order valence-electron chi connectivity index (χ4n) is 2.44. The molecule has 1 unspecified atom stereocenters. The van der Waals surface area contributed by atoms with Crippen molar-refractivity contribution in [1.29, 1.82) is 0 Å². The van der Waals surface area contributed by atoms with Crippen LogP contribution in [0.15, 0.2) is 12.1 Å². The lowest BCUT2D eigenvalue weighted by atomic mass is 10.1. The topological polar surface area (TPSA) is 59.6 Å². The molecule has 1 aliphatic heterocycles. The van der Waals surface area contributed by atoms with E-state index in [4.69, 9.17) is 21.1 Å². The molecule has 5 nitrogen and oxygen atoms in total. The number of hydrogen-bond donors (Lipinski definition) is 2. The van der Waals surface area contributed by atoms with Gasteiger partial charge in [-0.05, 0) is 37.9 Å². The maximum absolute atomic E-state index is 12.3. The molecular weight excluding hydrogens is 339 g/mol. The minimum absolute atomic E-state index is 0. The zero-order valence-electron chi connectivity index (χ0n) is 13.5. The van der Waals surface area contributed by atoms with Crippen LogP contribution in [0.3, 0.4) is 0 Å². The molecule has 7 heteroatoms. The second-order valence-electron chi connectivity index (χ2n) is 5.34. The fourth-order valence-corrected chi connectivity index (χ4v) is 2.71. The molecule has 23 heavy (non-hydrogen) atoms. The van der Waals surface area contributed by atoms with Gasteiger partial charge in [0.25, 0.3) is 5.91 Å².